The van der Waals surface area contributed by atoms with E-state index in [4.69, 9.17) is 21.1 Å². The standard InChI is InChI=1S/C16H13ClN2O4/c17-11-5-6-12(20)10(7-11)8-18-19-16(21)15-9-22-13-3-1-2-4-14(13)23-15/h1-8,15,20H,9H2,(H,19,21). The maximum absolute atomic E-state index is 12.0. The number of amides is 1. The number of phenolic OH excluding ortho intramolecular Hbond substituents is 1. The van der Waals surface area contributed by atoms with Gasteiger partial charge in [-0.15, -0.1) is 0 Å². The van der Waals surface area contributed by atoms with Crippen LogP contribution in [0.25, 0.3) is 0 Å². The summed E-state index contributed by atoms with van der Waals surface area (Å²) in [6.45, 7) is 0.0980. The highest BCUT2D eigenvalue weighted by molar-refractivity contribution is 6.30. The van der Waals surface area contributed by atoms with Crippen LogP contribution in [-0.4, -0.2) is 29.9 Å². The lowest BCUT2D eigenvalue weighted by molar-refractivity contribution is -0.130. The zero-order chi connectivity index (χ0) is 16.2. The van der Waals surface area contributed by atoms with E-state index in [1.54, 1.807) is 24.3 Å². The lowest BCUT2D eigenvalue weighted by Gasteiger charge is -2.24. The molecular weight excluding hydrogens is 320 g/mol. The molecule has 0 spiro atoms. The Morgan fingerprint density at radius 2 is 2.09 bits per heavy atom. The molecule has 2 N–H and O–H groups in total. The number of carbonyl (C=O) groups is 1. The Labute approximate surface area is 137 Å². The Hall–Kier alpha value is -2.73. The van der Waals surface area contributed by atoms with Crippen LogP contribution in [0.2, 0.25) is 5.02 Å². The molecule has 1 heterocycles. The van der Waals surface area contributed by atoms with Crippen LogP contribution in [0.15, 0.2) is 47.6 Å². The third-order valence-electron chi connectivity index (χ3n) is 3.17. The number of halogens is 1. The smallest absolute Gasteiger partial charge is 0.284 e. The second-order valence-electron chi connectivity index (χ2n) is 4.80. The highest BCUT2D eigenvalue weighted by Crippen LogP contribution is 2.30. The first-order chi connectivity index (χ1) is 11.1. The van der Waals surface area contributed by atoms with Gasteiger partial charge >= 0.3 is 0 Å². The number of nitrogens with one attached hydrogen (secondary N) is 1. The van der Waals surface area contributed by atoms with E-state index in [1.807, 2.05) is 6.07 Å². The zero-order valence-electron chi connectivity index (χ0n) is 11.9. The Kier molecular flexibility index (Phi) is 4.34. The number of phenols is 1. The molecule has 0 aromatic heterocycles. The fourth-order valence-corrected chi connectivity index (χ4v) is 2.20. The van der Waals surface area contributed by atoms with E-state index in [0.29, 0.717) is 22.1 Å². The minimum Gasteiger partial charge on any atom is -0.507 e. The summed E-state index contributed by atoms with van der Waals surface area (Å²) in [6.07, 6.45) is 0.506. The molecule has 0 radical (unpaired) electrons. The first-order valence-electron chi connectivity index (χ1n) is 6.83. The number of nitrogens with zero attached hydrogens (tertiary/aromatic N) is 1. The molecule has 2 aromatic rings. The van der Waals surface area contributed by atoms with E-state index >= 15 is 0 Å². The van der Waals surface area contributed by atoms with Crippen LogP contribution in [0, 0.1) is 0 Å². The average Bonchev–Trinajstić information content (AvgIpc) is 2.57. The van der Waals surface area contributed by atoms with Gasteiger partial charge in [-0.3, -0.25) is 4.79 Å². The molecule has 0 fully saturated rings. The van der Waals surface area contributed by atoms with Gasteiger partial charge in [-0.25, -0.2) is 5.43 Å². The largest absolute Gasteiger partial charge is 0.507 e. The summed E-state index contributed by atoms with van der Waals surface area (Å²) in [5, 5.41) is 13.9. The van der Waals surface area contributed by atoms with Gasteiger partial charge in [0.1, 0.15) is 12.4 Å². The number of benzene rings is 2. The third kappa shape index (κ3) is 3.54. The van der Waals surface area contributed by atoms with Crippen molar-refractivity contribution in [3.05, 3.63) is 53.1 Å². The van der Waals surface area contributed by atoms with Crippen molar-refractivity contribution in [3.63, 3.8) is 0 Å². The Balaban J connectivity index is 1.62. The summed E-state index contributed by atoms with van der Waals surface area (Å²) < 4.78 is 11.0. The molecule has 1 aliphatic rings. The number of aromatic hydroxyl groups is 1. The predicted molar refractivity (Wildman–Crippen MR) is 85.2 cm³/mol. The molecular formula is C16H13ClN2O4. The van der Waals surface area contributed by atoms with Gasteiger partial charge < -0.3 is 14.6 Å². The van der Waals surface area contributed by atoms with E-state index < -0.39 is 12.0 Å². The van der Waals surface area contributed by atoms with Crippen LogP contribution in [0.1, 0.15) is 5.56 Å². The number of para-hydroxylation sites is 2. The van der Waals surface area contributed by atoms with Crippen molar-refractivity contribution in [2.24, 2.45) is 5.10 Å². The molecule has 2 aromatic carbocycles. The van der Waals surface area contributed by atoms with Crippen molar-refractivity contribution >= 4 is 23.7 Å². The fourth-order valence-electron chi connectivity index (χ4n) is 2.01. The number of ether oxygens (including phenoxy) is 2. The third-order valence-corrected chi connectivity index (χ3v) is 3.40. The normalized spacial score (nSPS) is 16.3. The van der Waals surface area contributed by atoms with Crippen molar-refractivity contribution in [2.45, 2.75) is 6.10 Å². The molecule has 0 bridgehead atoms. The van der Waals surface area contributed by atoms with Crippen molar-refractivity contribution in [1.29, 1.82) is 0 Å². The quantitative estimate of drug-likeness (QED) is 0.668. The Morgan fingerprint density at radius 3 is 2.91 bits per heavy atom. The second-order valence-corrected chi connectivity index (χ2v) is 5.24. The minimum absolute atomic E-state index is 0.0126. The van der Waals surface area contributed by atoms with Crippen LogP contribution >= 0.6 is 11.6 Å². The van der Waals surface area contributed by atoms with Gasteiger partial charge in [0.25, 0.3) is 5.91 Å². The second kappa shape index (κ2) is 6.58. The van der Waals surface area contributed by atoms with Crippen molar-refractivity contribution < 1.29 is 19.4 Å². The predicted octanol–water partition coefficient (Wildman–Crippen LogP) is 2.34. The lowest BCUT2D eigenvalue weighted by atomic mass is 10.2. The molecule has 0 saturated carbocycles. The highest BCUT2D eigenvalue weighted by Gasteiger charge is 2.26. The van der Waals surface area contributed by atoms with E-state index in [0.717, 1.165) is 0 Å². The molecule has 7 heteroatoms. The lowest BCUT2D eigenvalue weighted by Crippen LogP contribution is -2.42. The number of rotatable bonds is 3. The minimum atomic E-state index is -0.796. The van der Waals surface area contributed by atoms with Gasteiger partial charge in [-0.05, 0) is 30.3 Å². The molecule has 6 nitrogen and oxygen atoms in total. The monoisotopic (exact) mass is 332 g/mol. The number of hydrogen-bond acceptors (Lipinski definition) is 5. The van der Waals surface area contributed by atoms with Gasteiger partial charge in [0.05, 0.1) is 6.21 Å². The SMILES string of the molecule is O=C(NN=Cc1cc(Cl)ccc1O)C1COc2ccccc2O1. The number of hydrogen-bond donors (Lipinski definition) is 2. The highest BCUT2D eigenvalue weighted by atomic mass is 35.5. The molecule has 1 aliphatic heterocycles. The van der Waals surface area contributed by atoms with Gasteiger partial charge in [-0.2, -0.15) is 5.10 Å². The van der Waals surface area contributed by atoms with Gasteiger partial charge in [0.15, 0.2) is 11.5 Å². The number of fused-ring (bicyclic) bond motifs is 1. The fraction of sp³-hybridized carbons (Fsp3) is 0.125. The summed E-state index contributed by atoms with van der Waals surface area (Å²) in [5.74, 6) is 0.676. The summed E-state index contributed by atoms with van der Waals surface area (Å²) in [5.41, 5.74) is 2.74. The molecule has 1 amide bonds. The summed E-state index contributed by atoms with van der Waals surface area (Å²) >= 11 is 5.83. The van der Waals surface area contributed by atoms with Crippen molar-refractivity contribution in [3.8, 4) is 17.2 Å². The average molecular weight is 333 g/mol. The molecule has 0 aliphatic carbocycles. The summed E-state index contributed by atoms with van der Waals surface area (Å²) in [7, 11) is 0. The van der Waals surface area contributed by atoms with Gasteiger partial charge in [0.2, 0.25) is 6.10 Å². The Morgan fingerprint density at radius 1 is 1.30 bits per heavy atom. The van der Waals surface area contributed by atoms with E-state index in [2.05, 4.69) is 10.5 Å². The van der Waals surface area contributed by atoms with Crippen molar-refractivity contribution in [1.82, 2.24) is 5.43 Å². The zero-order valence-corrected chi connectivity index (χ0v) is 12.7. The number of carbonyl (C=O) groups excluding carboxylic acids is 1. The van der Waals surface area contributed by atoms with Crippen LogP contribution in [0.5, 0.6) is 17.2 Å². The van der Waals surface area contributed by atoms with Crippen LogP contribution in [0.4, 0.5) is 0 Å². The maximum atomic E-state index is 12.0. The first-order valence-corrected chi connectivity index (χ1v) is 7.21. The summed E-state index contributed by atoms with van der Waals surface area (Å²) in [4.78, 5) is 12.0. The van der Waals surface area contributed by atoms with Gasteiger partial charge in [-0.1, -0.05) is 23.7 Å². The van der Waals surface area contributed by atoms with E-state index in [1.165, 1.54) is 18.3 Å². The maximum Gasteiger partial charge on any atom is 0.284 e. The summed E-state index contributed by atoms with van der Waals surface area (Å²) in [6, 6.07) is 11.6. The van der Waals surface area contributed by atoms with Crippen LogP contribution in [0.3, 0.4) is 0 Å². The van der Waals surface area contributed by atoms with E-state index in [9.17, 15) is 9.90 Å². The van der Waals surface area contributed by atoms with E-state index in [-0.39, 0.29) is 12.4 Å². The Bertz CT molecular complexity index is 763. The van der Waals surface area contributed by atoms with Crippen LogP contribution < -0.4 is 14.9 Å². The molecule has 23 heavy (non-hydrogen) atoms. The molecule has 1 atom stereocenters. The van der Waals surface area contributed by atoms with Crippen molar-refractivity contribution in [2.75, 3.05) is 6.61 Å². The molecule has 3 rings (SSSR count). The number of hydrazone groups is 1. The first kappa shape index (κ1) is 15.2. The molecule has 0 saturated heterocycles. The molecule has 118 valence electrons. The molecule has 1 unspecified atom stereocenters. The van der Waals surface area contributed by atoms with Crippen LogP contribution in [-0.2, 0) is 4.79 Å². The van der Waals surface area contributed by atoms with Gasteiger partial charge in [0, 0.05) is 10.6 Å². The topological polar surface area (TPSA) is 80.2 Å².